The highest BCUT2D eigenvalue weighted by Crippen LogP contribution is 2.34. The molecule has 1 nitrogen and oxygen atoms in total. The summed E-state index contributed by atoms with van der Waals surface area (Å²) < 4.78 is 0.925. The molecule has 0 radical (unpaired) electrons. The lowest BCUT2D eigenvalue weighted by Crippen LogP contribution is -1.90. The molecule has 2 rings (SSSR count). The second kappa shape index (κ2) is 5.29. The molecule has 0 spiro atoms. The first-order chi connectivity index (χ1) is 8.15. The Hall–Kier alpha value is -0.710. The third kappa shape index (κ3) is 2.59. The Morgan fingerprint density at radius 2 is 1.65 bits per heavy atom. The third-order valence-electron chi connectivity index (χ3n) is 2.78. The van der Waals surface area contributed by atoms with Gasteiger partial charge in [-0.15, -0.1) is 0 Å². The van der Waals surface area contributed by atoms with Crippen molar-refractivity contribution in [1.82, 2.24) is 0 Å². The van der Waals surface area contributed by atoms with Crippen LogP contribution in [0.1, 0.15) is 25.0 Å². The molecule has 0 bridgehead atoms. The fraction of sp³-hybridized carbons (Fsp3) is 0.308. The average Bonchev–Trinajstić information content (AvgIpc) is 2.76. The van der Waals surface area contributed by atoms with Gasteiger partial charge in [-0.1, -0.05) is 46.7 Å². The normalized spacial score (nSPS) is 10.7. The van der Waals surface area contributed by atoms with E-state index in [4.69, 9.17) is 12.2 Å². The van der Waals surface area contributed by atoms with Crippen LogP contribution in [0, 0.1) is 3.82 Å². The Morgan fingerprint density at radius 3 is 2.06 bits per heavy atom. The second-order valence-corrected chi connectivity index (χ2v) is 6.76. The van der Waals surface area contributed by atoms with Gasteiger partial charge in [0.1, 0.15) is 9.57 Å². The number of phenols is 1. The Bertz CT molecular complexity index is 555. The summed E-state index contributed by atoms with van der Waals surface area (Å²) in [5.41, 5.74) is 3.21. The number of aryl methyl sites for hydroxylation is 2. The second-order valence-electron chi connectivity index (χ2n) is 3.84. The summed E-state index contributed by atoms with van der Waals surface area (Å²) in [5.74, 6) is 0.456. The lowest BCUT2D eigenvalue weighted by Gasteiger charge is -2.09. The molecular weight excluding hydrogens is 268 g/mol. The molecule has 17 heavy (non-hydrogen) atoms. The summed E-state index contributed by atoms with van der Waals surface area (Å²) in [6.07, 6.45) is 1.70. The number of rotatable bonds is 3. The fourth-order valence-electron chi connectivity index (χ4n) is 1.81. The van der Waals surface area contributed by atoms with Crippen LogP contribution in [0.15, 0.2) is 18.2 Å². The number of phenolic OH excluding ortho intramolecular Hbond substituents is 1. The molecule has 1 aromatic carbocycles. The summed E-state index contributed by atoms with van der Waals surface area (Å²) in [6.45, 7) is 4.13. The van der Waals surface area contributed by atoms with E-state index in [9.17, 15) is 5.11 Å². The van der Waals surface area contributed by atoms with E-state index < -0.39 is 0 Å². The zero-order chi connectivity index (χ0) is 12.4. The van der Waals surface area contributed by atoms with Crippen LogP contribution in [-0.2, 0) is 12.8 Å². The van der Waals surface area contributed by atoms with E-state index in [-0.39, 0.29) is 0 Å². The van der Waals surface area contributed by atoms with Crippen LogP contribution < -0.4 is 0 Å². The van der Waals surface area contributed by atoms with Gasteiger partial charge in [0.05, 0.1) is 0 Å². The summed E-state index contributed by atoms with van der Waals surface area (Å²) >= 11 is 5.16. The molecule has 1 heterocycles. The van der Waals surface area contributed by atoms with Crippen molar-refractivity contribution < 1.29 is 5.11 Å². The minimum atomic E-state index is 0.456. The van der Waals surface area contributed by atoms with Gasteiger partial charge >= 0.3 is 0 Å². The molecule has 0 fully saturated rings. The Labute approximate surface area is 114 Å². The minimum absolute atomic E-state index is 0.456. The van der Waals surface area contributed by atoms with Gasteiger partial charge in [0, 0.05) is 4.88 Å². The molecule has 0 aliphatic rings. The van der Waals surface area contributed by atoms with Crippen LogP contribution in [-0.4, -0.2) is 5.11 Å². The molecule has 0 saturated heterocycles. The summed E-state index contributed by atoms with van der Waals surface area (Å²) in [5, 5.41) is 10.1. The molecule has 1 aromatic heterocycles. The van der Waals surface area contributed by atoms with Crippen molar-refractivity contribution in [1.29, 1.82) is 0 Å². The average molecular weight is 282 g/mol. The van der Waals surface area contributed by atoms with Gasteiger partial charge in [-0.2, -0.15) is 0 Å². The first-order valence-electron chi connectivity index (χ1n) is 5.61. The van der Waals surface area contributed by atoms with Crippen LogP contribution in [0.5, 0.6) is 5.75 Å². The van der Waals surface area contributed by atoms with Crippen molar-refractivity contribution in [2.75, 3.05) is 0 Å². The first-order valence-corrected chi connectivity index (χ1v) is 8.16. The van der Waals surface area contributed by atoms with Crippen molar-refractivity contribution in [3.05, 3.63) is 33.1 Å². The number of aromatic hydroxyl groups is 1. The SMILES string of the molecule is CCc1cc(-c2cc(=S)ss2)cc(CC)c1O. The van der Waals surface area contributed by atoms with Crippen molar-refractivity contribution in [2.45, 2.75) is 26.7 Å². The van der Waals surface area contributed by atoms with Crippen LogP contribution in [0.2, 0.25) is 0 Å². The van der Waals surface area contributed by atoms with Gasteiger partial charge in [0.25, 0.3) is 0 Å². The molecule has 0 amide bonds. The van der Waals surface area contributed by atoms with Gasteiger partial charge in [-0.05, 0) is 47.7 Å². The Morgan fingerprint density at radius 1 is 1.06 bits per heavy atom. The minimum Gasteiger partial charge on any atom is -0.507 e. The maximum atomic E-state index is 10.1. The fourth-order valence-corrected chi connectivity index (χ4v) is 4.20. The Balaban J connectivity index is 2.59. The van der Waals surface area contributed by atoms with E-state index in [1.54, 1.807) is 20.7 Å². The maximum Gasteiger partial charge on any atom is 0.121 e. The van der Waals surface area contributed by atoms with Gasteiger partial charge < -0.3 is 5.11 Å². The lowest BCUT2D eigenvalue weighted by atomic mass is 10.00. The van der Waals surface area contributed by atoms with Crippen molar-refractivity contribution in [3.8, 4) is 16.2 Å². The molecule has 90 valence electrons. The highest BCUT2D eigenvalue weighted by Gasteiger charge is 2.09. The van der Waals surface area contributed by atoms with Crippen LogP contribution >= 0.6 is 32.9 Å². The molecule has 0 unspecified atom stereocenters. The molecule has 0 saturated carbocycles. The highest BCUT2D eigenvalue weighted by atomic mass is 32.9. The summed E-state index contributed by atoms with van der Waals surface area (Å²) in [7, 11) is 3.33. The van der Waals surface area contributed by atoms with Crippen molar-refractivity contribution in [3.63, 3.8) is 0 Å². The first kappa shape index (κ1) is 12.7. The molecule has 0 aliphatic carbocycles. The monoisotopic (exact) mass is 282 g/mol. The van der Waals surface area contributed by atoms with E-state index in [0.717, 1.165) is 27.8 Å². The van der Waals surface area contributed by atoms with E-state index in [1.807, 2.05) is 6.07 Å². The number of benzene rings is 1. The topological polar surface area (TPSA) is 20.2 Å². The standard InChI is InChI=1S/C13H14OS3/c1-3-8-5-10(6-9(4-2)13(8)14)11-7-12(15)17-16-11/h5-7,14H,3-4H2,1-2H3. The van der Waals surface area contributed by atoms with Gasteiger partial charge in [0.2, 0.25) is 0 Å². The molecular formula is C13H14OS3. The number of hydrogen-bond donors (Lipinski definition) is 1. The number of hydrogen-bond acceptors (Lipinski definition) is 4. The highest BCUT2D eigenvalue weighted by molar-refractivity contribution is 7.80. The van der Waals surface area contributed by atoms with Crippen molar-refractivity contribution >= 4 is 32.9 Å². The maximum absolute atomic E-state index is 10.1. The van der Waals surface area contributed by atoms with Gasteiger partial charge in [0.15, 0.2) is 0 Å². The molecule has 1 N–H and O–H groups in total. The van der Waals surface area contributed by atoms with E-state index in [1.165, 1.54) is 10.4 Å². The van der Waals surface area contributed by atoms with E-state index >= 15 is 0 Å². The summed E-state index contributed by atoms with van der Waals surface area (Å²) in [6, 6.07) is 6.18. The molecule has 4 heteroatoms. The predicted molar refractivity (Wildman–Crippen MR) is 78.9 cm³/mol. The quantitative estimate of drug-likeness (QED) is 0.629. The molecule has 0 aliphatic heterocycles. The summed E-state index contributed by atoms with van der Waals surface area (Å²) in [4.78, 5) is 1.20. The predicted octanol–water partition coefficient (Wildman–Crippen LogP) is 5.04. The Kier molecular flexibility index (Phi) is 3.97. The van der Waals surface area contributed by atoms with Crippen LogP contribution in [0.4, 0.5) is 0 Å². The zero-order valence-electron chi connectivity index (χ0n) is 9.82. The molecule has 2 aromatic rings. The van der Waals surface area contributed by atoms with E-state index in [0.29, 0.717) is 5.75 Å². The smallest absolute Gasteiger partial charge is 0.121 e. The largest absolute Gasteiger partial charge is 0.507 e. The molecule has 0 atom stereocenters. The van der Waals surface area contributed by atoms with Crippen molar-refractivity contribution in [2.24, 2.45) is 0 Å². The van der Waals surface area contributed by atoms with Gasteiger partial charge in [-0.3, -0.25) is 0 Å². The van der Waals surface area contributed by atoms with Crippen LogP contribution in [0.25, 0.3) is 10.4 Å². The van der Waals surface area contributed by atoms with Gasteiger partial charge in [-0.25, -0.2) is 0 Å². The third-order valence-corrected chi connectivity index (χ3v) is 5.69. The van der Waals surface area contributed by atoms with Crippen LogP contribution in [0.3, 0.4) is 0 Å². The zero-order valence-corrected chi connectivity index (χ0v) is 12.3. The lowest BCUT2D eigenvalue weighted by molar-refractivity contribution is 0.462. The van der Waals surface area contributed by atoms with E-state index in [2.05, 4.69) is 26.0 Å².